The van der Waals surface area contributed by atoms with Crippen molar-refractivity contribution in [3.8, 4) is 0 Å². The molecule has 2 amide bonds. The van der Waals surface area contributed by atoms with E-state index in [-0.39, 0.29) is 24.0 Å². The molecule has 1 fully saturated rings. The van der Waals surface area contributed by atoms with Crippen LogP contribution in [0.2, 0.25) is 0 Å². The van der Waals surface area contributed by atoms with Crippen LogP contribution in [0.3, 0.4) is 0 Å². The van der Waals surface area contributed by atoms with E-state index in [9.17, 15) is 9.59 Å². The third-order valence-corrected chi connectivity index (χ3v) is 2.97. The number of imide groups is 1. The van der Waals surface area contributed by atoms with Crippen molar-refractivity contribution in [2.75, 3.05) is 6.61 Å². The molecular formula is C11H15NO3. The van der Waals surface area contributed by atoms with Gasteiger partial charge in [-0.1, -0.05) is 0 Å². The molecule has 0 spiro atoms. The number of ether oxygens (including phenoxy) is 1. The second-order valence-electron chi connectivity index (χ2n) is 3.87. The van der Waals surface area contributed by atoms with E-state index in [1.165, 1.54) is 17.1 Å². The predicted octanol–water partition coefficient (Wildman–Crippen LogP) is 0.869. The lowest BCUT2D eigenvalue weighted by Gasteiger charge is -2.27. The molecule has 4 nitrogen and oxygen atoms in total. The van der Waals surface area contributed by atoms with Gasteiger partial charge in [-0.15, -0.1) is 0 Å². The maximum absolute atomic E-state index is 11.5. The number of rotatable bonds is 3. The van der Waals surface area contributed by atoms with Gasteiger partial charge in [-0.2, -0.15) is 0 Å². The quantitative estimate of drug-likeness (QED) is 0.648. The number of carbonyl (C=O) groups excluding carboxylic acids is 2. The zero-order valence-electron chi connectivity index (χ0n) is 8.81. The lowest BCUT2D eigenvalue weighted by atomic mass is 10.2. The molecule has 2 rings (SSSR count). The molecule has 0 aromatic carbocycles. The van der Waals surface area contributed by atoms with Crippen LogP contribution in [0.15, 0.2) is 12.2 Å². The van der Waals surface area contributed by atoms with Crippen LogP contribution < -0.4 is 0 Å². The fourth-order valence-corrected chi connectivity index (χ4v) is 2.35. The van der Waals surface area contributed by atoms with Crippen LogP contribution in [0.4, 0.5) is 0 Å². The summed E-state index contributed by atoms with van der Waals surface area (Å²) in [6, 6.07) is -0.0556. The fraction of sp³-hybridized carbons (Fsp3) is 0.636. The van der Waals surface area contributed by atoms with E-state index in [4.69, 9.17) is 4.74 Å². The Kier molecular flexibility index (Phi) is 2.86. The molecule has 4 heteroatoms. The van der Waals surface area contributed by atoms with Crippen molar-refractivity contribution in [2.24, 2.45) is 0 Å². The first-order valence-electron chi connectivity index (χ1n) is 5.41. The molecule has 0 bridgehead atoms. The van der Waals surface area contributed by atoms with Gasteiger partial charge in [-0.3, -0.25) is 14.5 Å². The van der Waals surface area contributed by atoms with Gasteiger partial charge in [-0.05, 0) is 26.2 Å². The van der Waals surface area contributed by atoms with Crippen LogP contribution in [0.1, 0.15) is 26.2 Å². The summed E-state index contributed by atoms with van der Waals surface area (Å²) < 4.78 is 5.55. The molecule has 15 heavy (non-hydrogen) atoms. The summed E-state index contributed by atoms with van der Waals surface area (Å²) in [5.74, 6) is -0.395. The molecule has 82 valence electrons. The minimum Gasteiger partial charge on any atom is -0.376 e. The smallest absolute Gasteiger partial charge is 0.253 e. The second-order valence-corrected chi connectivity index (χ2v) is 3.87. The lowest BCUT2D eigenvalue weighted by molar-refractivity contribution is -0.142. The zero-order chi connectivity index (χ0) is 10.8. The normalized spacial score (nSPS) is 30.6. The number of nitrogens with zero attached hydrogens (tertiary/aromatic N) is 1. The average molecular weight is 209 g/mol. The largest absolute Gasteiger partial charge is 0.376 e. The van der Waals surface area contributed by atoms with Gasteiger partial charge in [0.25, 0.3) is 11.8 Å². The average Bonchev–Trinajstić information content (AvgIpc) is 2.75. The van der Waals surface area contributed by atoms with Crippen molar-refractivity contribution in [3.63, 3.8) is 0 Å². The Hall–Kier alpha value is -1.16. The molecule has 2 aliphatic rings. The first kappa shape index (κ1) is 10.4. The first-order chi connectivity index (χ1) is 7.24. The molecule has 2 atom stereocenters. The van der Waals surface area contributed by atoms with Crippen LogP contribution in [0.5, 0.6) is 0 Å². The van der Waals surface area contributed by atoms with Crippen molar-refractivity contribution in [3.05, 3.63) is 12.2 Å². The van der Waals surface area contributed by atoms with Gasteiger partial charge in [0.15, 0.2) is 0 Å². The van der Waals surface area contributed by atoms with Crippen molar-refractivity contribution in [1.82, 2.24) is 4.90 Å². The second kappa shape index (κ2) is 4.14. The Labute approximate surface area is 88.9 Å². The molecule has 0 unspecified atom stereocenters. The molecule has 1 aliphatic carbocycles. The van der Waals surface area contributed by atoms with E-state index < -0.39 is 0 Å². The van der Waals surface area contributed by atoms with E-state index in [1.807, 2.05) is 6.92 Å². The summed E-state index contributed by atoms with van der Waals surface area (Å²) in [6.07, 6.45) is 5.53. The summed E-state index contributed by atoms with van der Waals surface area (Å²) >= 11 is 0. The summed E-state index contributed by atoms with van der Waals surface area (Å²) in [4.78, 5) is 24.3. The Morgan fingerprint density at radius 3 is 2.60 bits per heavy atom. The van der Waals surface area contributed by atoms with Crippen LogP contribution >= 0.6 is 0 Å². The minimum absolute atomic E-state index is 0.0304. The number of hydrogen-bond donors (Lipinski definition) is 0. The monoisotopic (exact) mass is 209 g/mol. The Morgan fingerprint density at radius 1 is 1.33 bits per heavy atom. The molecule has 0 radical (unpaired) electrons. The molecule has 0 aromatic heterocycles. The summed E-state index contributed by atoms with van der Waals surface area (Å²) in [6.45, 7) is 2.56. The Balaban J connectivity index is 2.09. The highest BCUT2D eigenvalue weighted by Crippen LogP contribution is 2.28. The predicted molar refractivity (Wildman–Crippen MR) is 54.0 cm³/mol. The van der Waals surface area contributed by atoms with Crippen LogP contribution in [-0.2, 0) is 14.3 Å². The van der Waals surface area contributed by atoms with Crippen molar-refractivity contribution in [2.45, 2.75) is 38.3 Å². The number of carbonyl (C=O) groups is 2. The van der Waals surface area contributed by atoms with Crippen molar-refractivity contribution < 1.29 is 14.3 Å². The number of amides is 2. The van der Waals surface area contributed by atoms with Crippen LogP contribution in [0.25, 0.3) is 0 Å². The van der Waals surface area contributed by atoms with E-state index in [0.717, 1.165) is 19.3 Å². The molecule has 0 N–H and O–H groups in total. The van der Waals surface area contributed by atoms with Gasteiger partial charge in [-0.25, -0.2) is 0 Å². The highest BCUT2D eigenvalue weighted by atomic mass is 16.5. The summed E-state index contributed by atoms with van der Waals surface area (Å²) in [5.41, 5.74) is 0. The topological polar surface area (TPSA) is 46.6 Å². The molecule has 1 saturated carbocycles. The first-order valence-corrected chi connectivity index (χ1v) is 5.41. The van der Waals surface area contributed by atoms with Gasteiger partial charge in [0.05, 0.1) is 12.1 Å². The Morgan fingerprint density at radius 2 is 2.00 bits per heavy atom. The van der Waals surface area contributed by atoms with Gasteiger partial charge >= 0.3 is 0 Å². The van der Waals surface area contributed by atoms with E-state index >= 15 is 0 Å². The zero-order valence-corrected chi connectivity index (χ0v) is 8.81. The van der Waals surface area contributed by atoms with E-state index in [2.05, 4.69) is 0 Å². The standard InChI is InChI=1S/C11H15NO3/c1-2-15-9-5-3-4-8(9)12-10(13)6-7-11(12)14/h6-9H,2-5H2,1H3/t8-,9-/m0/s1. The molecular weight excluding hydrogens is 194 g/mol. The third-order valence-electron chi connectivity index (χ3n) is 2.97. The molecule has 1 aliphatic heterocycles. The van der Waals surface area contributed by atoms with Crippen LogP contribution in [0, 0.1) is 0 Å². The summed E-state index contributed by atoms with van der Waals surface area (Å²) in [7, 11) is 0. The lowest BCUT2D eigenvalue weighted by Crippen LogP contribution is -2.45. The highest BCUT2D eigenvalue weighted by molar-refractivity contribution is 6.13. The molecule has 0 saturated heterocycles. The van der Waals surface area contributed by atoms with E-state index in [0.29, 0.717) is 6.61 Å². The van der Waals surface area contributed by atoms with E-state index in [1.54, 1.807) is 0 Å². The number of hydrogen-bond acceptors (Lipinski definition) is 3. The minimum atomic E-state index is -0.198. The molecule has 1 heterocycles. The van der Waals surface area contributed by atoms with Gasteiger partial charge < -0.3 is 4.74 Å². The van der Waals surface area contributed by atoms with Crippen molar-refractivity contribution in [1.29, 1.82) is 0 Å². The van der Waals surface area contributed by atoms with Gasteiger partial charge in [0.2, 0.25) is 0 Å². The van der Waals surface area contributed by atoms with Gasteiger partial charge in [0, 0.05) is 18.8 Å². The third kappa shape index (κ3) is 1.81. The fourth-order valence-electron chi connectivity index (χ4n) is 2.35. The maximum atomic E-state index is 11.5. The Bertz CT molecular complexity index is 293. The highest BCUT2D eigenvalue weighted by Gasteiger charge is 2.39. The summed E-state index contributed by atoms with van der Waals surface area (Å²) in [5, 5.41) is 0. The van der Waals surface area contributed by atoms with Crippen molar-refractivity contribution >= 4 is 11.8 Å². The SMILES string of the molecule is CCO[C@H]1CCC[C@@H]1N1C(=O)C=CC1=O. The molecule has 0 aromatic rings. The van der Waals surface area contributed by atoms with Crippen LogP contribution in [-0.4, -0.2) is 35.5 Å². The maximum Gasteiger partial charge on any atom is 0.253 e. The van der Waals surface area contributed by atoms with Gasteiger partial charge in [0.1, 0.15) is 0 Å².